The van der Waals surface area contributed by atoms with Crippen LogP contribution in [-0.2, 0) is 0 Å². The van der Waals surface area contributed by atoms with Gasteiger partial charge in [0.25, 0.3) is 6.01 Å². The number of alkyl halides is 1. The van der Waals surface area contributed by atoms with Crippen molar-refractivity contribution in [2.24, 2.45) is 0 Å². The average Bonchev–Trinajstić information content (AvgIpc) is 2.74. The van der Waals surface area contributed by atoms with E-state index in [1.165, 1.54) is 12.8 Å². The summed E-state index contributed by atoms with van der Waals surface area (Å²) < 4.78 is 5.64. The number of hydrogen-bond donors (Lipinski definition) is 1. The van der Waals surface area contributed by atoms with E-state index in [2.05, 4.69) is 10.3 Å². The predicted molar refractivity (Wildman–Crippen MR) is 69.5 cm³/mol. The summed E-state index contributed by atoms with van der Waals surface area (Å²) in [4.78, 5) is 4.40. The number of para-hydroxylation sites is 2. The first-order valence-corrected chi connectivity index (χ1v) is 6.53. The van der Waals surface area contributed by atoms with Gasteiger partial charge in [-0.1, -0.05) is 25.0 Å². The molecular weight excluding hydrogens is 236 g/mol. The summed E-state index contributed by atoms with van der Waals surface area (Å²) in [6.07, 6.45) is 4.60. The maximum Gasteiger partial charge on any atom is 0.295 e. The molecule has 1 fully saturated rings. The molecule has 4 heteroatoms. The molecule has 1 N–H and O–H groups in total. The van der Waals surface area contributed by atoms with Crippen LogP contribution in [0, 0.1) is 0 Å². The molecule has 17 heavy (non-hydrogen) atoms. The number of nitrogens with one attached hydrogen (secondary N) is 1. The lowest BCUT2D eigenvalue weighted by Crippen LogP contribution is -2.32. The third-order valence-corrected chi connectivity index (χ3v) is 3.81. The second-order valence-corrected chi connectivity index (χ2v) is 5.10. The van der Waals surface area contributed by atoms with E-state index in [0.717, 1.165) is 23.9 Å². The van der Waals surface area contributed by atoms with Gasteiger partial charge >= 0.3 is 0 Å². The molecule has 0 radical (unpaired) electrons. The minimum absolute atomic E-state index is 0.179. The van der Waals surface area contributed by atoms with Crippen LogP contribution in [0.3, 0.4) is 0 Å². The normalized spacial score (nSPS) is 25.0. The monoisotopic (exact) mass is 250 g/mol. The first-order chi connectivity index (χ1) is 8.33. The van der Waals surface area contributed by atoms with Gasteiger partial charge in [-0.2, -0.15) is 4.98 Å². The number of halogens is 1. The maximum absolute atomic E-state index is 6.30. The molecule has 2 aromatic rings. The Morgan fingerprint density at radius 1 is 1.24 bits per heavy atom. The first kappa shape index (κ1) is 10.9. The van der Waals surface area contributed by atoms with Gasteiger partial charge in [-0.15, -0.1) is 11.6 Å². The van der Waals surface area contributed by atoms with Gasteiger partial charge in [0.15, 0.2) is 5.58 Å². The molecule has 0 saturated heterocycles. The Hall–Kier alpha value is -1.22. The lowest BCUT2D eigenvalue weighted by atomic mass is 9.95. The molecule has 1 saturated carbocycles. The van der Waals surface area contributed by atoms with Gasteiger partial charge < -0.3 is 9.73 Å². The van der Waals surface area contributed by atoms with Gasteiger partial charge in [0.1, 0.15) is 5.52 Å². The first-order valence-electron chi connectivity index (χ1n) is 6.09. The Morgan fingerprint density at radius 2 is 2.06 bits per heavy atom. The van der Waals surface area contributed by atoms with Crippen LogP contribution in [-0.4, -0.2) is 16.4 Å². The summed E-state index contributed by atoms with van der Waals surface area (Å²) >= 11 is 6.30. The van der Waals surface area contributed by atoms with Crippen molar-refractivity contribution in [3.05, 3.63) is 24.3 Å². The maximum atomic E-state index is 6.30. The summed E-state index contributed by atoms with van der Waals surface area (Å²) in [7, 11) is 0. The van der Waals surface area contributed by atoms with Crippen molar-refractivity contribution in [1.29, 1.82) is 0 Å². The Kier molecular flexibility index (Phi) is 2.93. The molecule has 1 aliphatic carbocycles. The molecule has 0 amide bonds. The molecule has 1 aromatic heterocycles. The van der Waals surface area contributed by atoms with E-state index in [0.29, 0.717) is 6.01 Å². The topological polar surface area (TPSA) is 38.1 Å². The highest BCUT2D eigenvalue weighted by Gasteiger charge is 2.24. The standard InChI is InChI=1S/C13H15ClN2O/c14-9-5-1-2-6-10(9)15-13-16-11-7-3-4-8-12(11)17-13/h3-4,7-10H,1-2,5-6H2,(H,15,16). The van der Waals surface area contributed by atoms with Crippen LogP contribution in [0.2, 0.25) is 0 Å². The van der Waals surface area contributed by atoms with Crippen LogP contribution in [0.4, 0.5) is 6.01 Å². The number of aromatic nitrogens is 1. The molecule has 1 heterocycles. The third-order valence-electron chi connectivity index (χ3n) is 3.28. The molecule has 0 spiro atoms. The van der Waals surface area contributed by atoms with E-state index in [9.17, 15) is 0 Å². The van der Waals surface area contributed by atoms with Crippen molar-refractivity contribution in [1.82, 2.24) is 4.98 Å². The van der Waals surface area contributed by atoms with Gasteiger partial charge in [0.2, 0.25) is 0 Å². The minimum atomic E-state index is 0.179. The molecule has 90 valence electrons. The van der Waals surface area contributed by atoms with Crippen LogP contribution in [0.15, 0.2) is 28.7 Å². The van der Waals surface area contributed by atoms with Crippen LogP contribution in [0.25, 0.3) is 11.1 Å². The quantitative estimate of drug-likeness (QED) is 0.824. The summed E-state index contributed by atoms with van der Waals surface area (Å²) in [5.74, 6) is 0. The van der Waals surface area contributed by atoms with Crippen LogP contribution < -0.4 is 5.32 Å². The van der Waals surface area contributed by atoms with Crippen molar-refractivity contribution in [2.45, 2.75) is 37.1 Å². The van der Waals surface area contributed by atoms with Crippen molar-refractivity contribution in [2.75, 3.05) is 5.32 Å². The van der Waals surface area contributed by atoms with Crippen molar-refractivity contribution in [3.63, 3.8) is 0 Å². The number of hydrogen-bond acceptors (Lipinski definition) is 3. The lowest BCUT2D eigenvalue weighted by molar-refractivity contribution is 0.457. The summed E-state index contributed by atoms with van der Waals surface area (Å²) in [5, 5.41) is 3.49. The van der Waals surface area contributed by atoms with Crippen LogP contribution in [0.5, 0.6) is 0 Å². The highest BCUT2D eigenvalue weighted by molar-refractivity contribution is 6.21. The molecule has 2 atom stereocenters. The largest absolute Gasteiger partial charge is 0.424 e. The fraction of sp³-hybridized carbons (Fsp3) is 0.462. The van der Waals surface area contributed by atoms with Gasteiger partial charge in [0.05, 0.1) is 5.38 Å². The highest BCUT2D eigenvalue weighted by Crippen LogP contribution is 2.27. The fourth-order valence-corrected chi connectivity index (χ4v) is 2.68. The third kappa shape index (κ3) is 2.25. The van der Waals surface area contributed by atoms with E-state index in [4.69, 9.17) is 16.0 Å². The second kappa shape index (κ2) is 4.57. The van der Waals surface area contributed by atoms with Gasteiger partial charge in [-0.25, -0.2) is 0 Å². The molecule has 3 rings (SSSR count). The van der Waals surface area contributed by atoms with E-state index in [1.807, 2.05) is 24.3 Å². The Balaban J connectivity index is 1.79. The summed E-state index contributed by atoms with van der Waals surface area (Å²) in [6, 6.07) is 8.64. The van der Waals surface area contributed by atoms with E-state index < -0.39 is 0 Å². The van der Waals surface area contributed by atoms with Crippen molar-refractivity contribution < 1.29 is 4.42 Å². The second-order valence-electron chi connectivity index (χ2n) is 4.54. The number of fused-ring (bicyclic) bond motifs is 1. The molecule has 1 aromatic carbocycles. The smallest absolute Gasteiger partial charge is 0.295 e. The molecule has 1 aliphatic rings. The molecular formula is C13H15ClN2O. The van der Waals surface area contributed by atoms with Crippen LogP contribution >= 0.6 is 11.6 Å². The van der Waals surface area contributed by atoms with Crippen molar-refractivity contribution in [3.8, 4) is 0 Å². The molecule has 2 unspecified atom stereocenters. The zero-order valence-corrected chi connectivity index (χ0v) is 10.3. The lowest BCUT2D eigenvalue weighted by Gasteiger charge is -2.26. The predicted octanol–water partition coefficient (Wildman–Crippen LogP) is 3.79. The highest BCUT2D eigenvalue weighted by atomic mass is 35.5. The SMILES string of the molecule is ClC1CCCCC1Nc1nc2ccccc2o1. The summed E-state index contributed by atoms with van der Waals surface area (Å²) in [5.41, 5.74) is 1.70. The number of oxazole rings is 1. The van der Waals surface area contributed by atoms with Gasteiger partial charge in [-0.3, -0.25) is 0 Å². The van der Waals surface area contributed by atoms with E-state index >= 15 is 0 Å². The van der Waals surface area contributed by atoms with Crippen LogP contribution in [0.1, 0.15) is 25.7 Å². The molecule has 0 bridgehead atoms. The van der Waals surface area contributed by atoms with E-state index in [-0.39, 0.29) is 11.4 Å². The number of benzene rings is 1. The average molecular weight is 251 g/mol. The molecule has 0 aliphatic heterocycles. The minimum Gasteiger partial charge on any atom is -0.424 e. The van der Waals surface area contributed by atoms with Crippen molar-refractivity contribution >= 4 is 28.7 Å². The number of anilines is 1. The van der Waals surface area contributed by atoms with Gasteiger partial charge in [0, 0.05) is 6.04 Å². The Bertz CT molecular complexity index is 478. The van der Waals surface area contributed by atoms with Gasteiger partial charge in [-0.05, 0) is 25.0 Å². The Morgan fingerprint density at radius 3 is 2.88 bits per heavy atom. The molecule has 3 nitrogen and oxygen atoms in total. The fourth-order valence-electron chi connectivity index (χ4n) is 2.34. The zero-order chi connectivity index (χ0) is 11.7. The van der Waals surface area contributed by atoms with E-state index in [1.54, 1.807) is 0 Å². The Labute approximate surface area is 105 Å². The number of rotatable bonds is 2. The summed E-state index contributed by atoms with van der Waals surface area (Å²) in [6.45, 7) is 0. The number of nitrogens with zero attached hydrogens (tertiary/aromatic N) is 1. The zero-order valence-electron chi connectivity index (χ0n) is 9.53.